The van der Waals surface area contributed by atoms with Crippen LogP contribution >= 0.6 is 11.8 Å². The molecule has 1 aliphatic rings. The second kappa shape index (κ2) is 6.81. The molecule has 1 aromatic rings. The first-order valence-corrected chi connectivity index (χ1v) is 7.44. The van der Waals surface area contributed by atoms with E-state index in [9.17, 15) is 4.79 Å². The number of hydrogen-bond acceptors (Lipinski definition) is 3. The second-order valence-corrected chi connectivity index (χ2v) is 6.19. The fourth-order valence-corrected chi connectivity index (χ4v) is 3.24. The van der Waals surface area contributed by atoms with Gasteiger partial charge in [0.25, 0.3) is 0 Å². The molecule has 2 atom stereocenters. The van der Waals surface area contributed by atoms with Crippen molar-refractivity contribution in [1.29, 1.82) is 0 Å². The maximum atomic E-state index is 11.7. The molecule has 1 aromatic carbocycles. The van der Waals surface area contributed by atoms with E-state index in [2.05, 4.69) is 17.6 Å². The summed E-state index contributed by atoms with van der Waals surface area (Å²) < 4.78 is 0. The highest BCUT2D eigenvalue weighted by Gasteiger charge is 2.21. The molecule has 1 fully saturated rings. The number of nitrogens with one attached hydrogen (secondary N) is 2. The number of carbonyl (C=O) groups excluding carboxylic acids is 1. The maximum absolute atomic E-state index is 11.7. The molecule has 1 saturated heterocycles. The standard InChI is InChI=1S/C14H20N2OS/c1-11-7-13(10-18-11)15-9-14(17)16-8-12-5-3-2-4-6-12/h2-6,11,13,15H,7-10H2,1H3,(H,16,17). The summed E-state index contributed by atoms with van der Waals surface area (Å²) in [5.41, 5.74) is 1.14. The van der Waals surface area contributed by atoms with Crippen LogP contribution in [-0.2, 0) is 11.3 Å². The zero-order valence-corrected chi connectivity index (χ0v) is 11.5. The SMILES string of the molecule is CC1CC(NCC(=O)NCc2ccccc2)CS1. The van der Waals surface area contributed by atoms with E-state index >= 15 is 0 Å². The van der Waals surface area contributed by atoms with Crippen molar-refractivity contribution in [2.24, 2.45) is 0 Å². The van der Waals surface area contributed by atoms with Crippen LogP contribution in [0.5, 0.6) is 0 Å². The highest BCUT2D eigenvalue weighted by atomic mass is 32.2. The summed E-state index contributed by atoms with van der Waals surface area (Å²) in [6.07, 6.45) is 1.16. The van der Waals surface area contributed by atoms with E-state index in [0.717, 1.165) is 23.0 Å². The Kier molecular flexibility index (Phi) is 5.08. The number of thioether (sulfide) groups is 1. The number of hydrogen-bond donors (Lipinski definition) is 2. The summed E-state index contributed by atoms with van der Waals surface area (Å²) in [5, 5.41) is 6.96. The van der Waals surface area contributed by atoms with Crippen LogP contribution in [0.25, 0.3) is 0 Å². The van der Waals surface area contributed by atoms with Crippen LogP contribution in [0.2, 0.25) is 0 Å². The molecule has 3 nitrogen and oxygen atoms in total. The zero-order valence-electron chi connectivity index (χ0n) is 10.7. The summed E-state index contributed by atoms with van der Waals surface area (Å²) in [4.78, 5) is 11.7. The number of amides is 1. The molecule has 98 valence electrons. The molecular weight excluding hydrogens is 244 g/mol. The molecule has 1 amide bonds. The lowest BCUT2D eigenvalue weighted by atomic mass is 10.2. The van der Waals surface area contributed by atoms with E-state index in [1.165, 1.54) is 0 Å². The van der Waals surface area contributed by atoms with Crippen LogP contribution < -0.4 is 10.6 Å². The van der Waals surface area contributed by atoms with Gasteiger partial charge in [-0.05, 0) is 12.0 Å². The van der Waals surface area contributed by atoms with Crippen LogP contribution in [0.15, 0.2) is 30.3 Å². The van der Waals surface area contributed by atoms with E-state index in [-0.39, 0.29) is 5.91 Å². The van der Waals surface area contributed by atoms with Gasteiger partial charge in [0.2, 0.25) is 5.91 Å². The third-order valence-corrected chi connectivity index (χ3v) is 4.44. The van der Waals surface area contributed by atoms with Crippen molar-refractivity contribution in [1.82, 2.24) is 10.6 Å². The number of rotatable bonds is 5. The zero-order chi connectivity index (χ0) is 12.8. The molecule has 1 aliphatic heterocycles. The summed E-state index contributed by atoms with van der Waals surface area (Å²) >= 11 is 1.97. The Hall–Kier alpha value is -1.00. The summed E-state index contributed by atoms with van der Waals surface area (Å²) in [6.45, 7) is 3.27. The van der Waals surface area contributed by atoms with Gasteiger partial charge in [0, 0.05) is 23.6 Å². The van der Waals surface area contributed by atoms with Gasteiger partial charge in [-0.2, -0.15) is 11.8 Å². The Balaban J connectivity index is 1.63. The summed E-state index contributed by atoms with van der Waals surface area (Å²) in [7, 11) is 0. The van der Waals surface area contributed by atoms with Crippen molar-refractivity contribution in [2.75, 3.05) is 12.3 Å². The average Bonchev–Trinajstić information content (AvgIpc) is 2.81. The third kappa shape index (κ3) is 4.35. The van der Waals surface area contributed by atoms with E-state index in [0.29, 0.717) is 19.1 Å². The lowest BCUT2D eigenvalue weighted by Gasteiger charge is -2.11. The molecule has 0 bridgehead atoms. The molecule has 2 rings (SSSR count). The Morgan fingerprint density at radius 2 is 2.17 bits per heavy atom. The first-order valence-electron chi connectivity index (χ1n) is 6.39. The maximum Gasteiger partial charge on any atom is 0.234 e. The molecule has 0 spiro atoms. The van der Waals surface area contributed by atoms with Crippen LogP contribution in [-0.4, -0.2) is 29.5 Å². The van der Waals surface area contributed by atoms with E-state index < -0.39 is 0 Å². The van der Waals surface area contributed by atoms with Crippen molar-refractivity contribution in [2.45, 2.75) is 31.2 Å². The quantitative estimate of drug-likeness (QED) is 0.852. The van der Waals surface area contributed by atoms with Gasteiger partial charge in [0.1, 0.15) is 0 Å². The first-order chi connectivity index (χ1) is 8.74. The van der Waals surface area contributed by atoms with Gasteiger partial charge in [-0.3, -0.25) is 4.79 Å². The lowest BCUT2D eigenvalue weighted by Crippen LogP contribution is -2.39. The van der Waals surface area contributed by atoms with Gasteiger partial charge in [-0.25, -0.2) is 0 Å². The molecule has 2 N–H and O–H groups in total. The minimum atomic E-state index is 0.0726. The third-order valence-electron chi connectivity index (χ3n) is 3.08. The minimum Gasteiger partial charge on any atom is -0.351 e. The molecule has 18 heavy (non-hydrogen) atoms. The molecule has 2 unspecified atom stereocenters. The Morgan fingerprint density at radius 3 is 2.83 bits per heavy atom. The molecule has 0 aromatic heterocycles. The second-order valence-electron chi connectivity index (χ2n) is 4.72. The molecule has 0 saturated carbocycles. The predicted octanol–water partition coefficient (Wildman–Crippen LogP) is 1.79. The fraction of sp³-hybridized carbons (Fsp3) is 0.500. The van der Waals surface area contributed by atoms with Crippen LogP contribution in [0.3, 0.4) is 0 Å². The van der Waals surface area contributed by atoms with E-state index in [4.69, 9.17) is 0 Å². The van der Waals surface area contributed by atoms with E-state index in [1.54, 1.807) is 0 Å². The molecular formula is C14H20N2OS. The molecule has 4 heteroatoms. The highest BCUT2D eigenvalue weighted by Crippen LogP contribution is 2.25. The topological polar surface area (TPSA) is 41.1 Å². The summed E-state index contributed by atoms with van der Waals surface area (Å²) in [5.74, 6) is 1.19. The van der Waals surface area contributed by atoms with Crippen molar-refractivity contribution in [3.63, 3.8) is 0 Å². The van der Waals surface area contributed by atoms with Gasteiger partial charge in [0.15, 0.2) is 0 Å². The van der Waals surface area contributed by atoms with Gasteiger partial charge >= 0.3 is 0 Å². The highest BCUT2D eigenvalue weighted by molar-refractivity contribution is 8.00. The summed E-state index contributed by atoms with van der Waals surface area (Å²) in [6, 6.07) is 10.5. The Bertz CT molecular complexity index is 383. The molecule has 0 aliphatic carbocycles. The normalized spacial score (nSPS) is 22.9. The predicted molar refractivity (Wildman–Crippen MR) is 76.6 cm³/mol. The molecule has 0 radical (unpaired) electrons. The van der Waals surface area contributed by atoms with E-state index in [1.807, 2.05) is 42.1 Å². The average molecular weight is 264 g/mol. The largest absolute Gasteiger partial charge is 0.351 e. The van der Waals surface area contributed by atoms with Crippen molar-refractivity contribution in [3.05, 3.63) is 35.9 Å². The van der Waals surface area contributed by atoms with Crippen molar-refractivity contribution >= 4 is 17.7 Å². The van der Waals surface area contributed by atoms with Gasteiger partial charge in [0.05, 0.1) is 6.54 Å². The van der Waals surface area contributed by atoms with Crippen LogP contribution in [0.1, 0.15) is 18.9 Å². The smallest absolute Gasteiger partial charge is 0.234 e. The fourth-order valence-electron chi connectivity index (χ4n) is 2.06. The first kappa shape index (κ1) is 13.4. The lowest BCUT2D eigenvalue weighted by molar-refractivity contribution is -0.120. The Morgan fingerprint density at radius 1 is 1.39 bits per heavy atom. The van der Waals surface area contributed by atoms with Crippen molar-refractivity contribution < 1.29 is 4.79 Å². The minimum absolute atomic E-state index is 0.0726. The van der Waals surface area contributed by atoms with Gasteiger partial charge in [-0.1, -0.05) is 37.3 Å². The number of benzene rings is 1. The monoisotopic (exact) mass is 264 g/mol. The van der Waals surface area contributed by atoms with Gasteiger partial charge in [-0.15, -0.1) is 0 Å². The molecule has 1 heterocycles. The van der Waals surface area contributed by atoms with Crippen molar-refractivity contribution in [3.8, 4) is 0 Å². The van der Waals surface area contributed by atoms with Crippen LogP contribution in [0, 0.1) is 0 Å². The van der Waals surface area contributed by atoms with Gasteiger partial charge < -0.3 is 10.6 Å². The Labute approximate surface area is 113 Å². The number of carbonyl (C=O) groups is 1. The van der Waals surface area contributed by atoms with Crippen LogP contribution in [0.4, 0.5) is 0 Å².